The van der Waals surface area contributed by atoms with Gasteiger partial charge in [0.1, 0.15) is 0 Å². The molecule has 9 heteroatoms. The molecule has 2 aliphatic heterocycles. The number of nitrogens with zero attached hydrogens (tertiary/aromatic N) is 1. The van der Waals surface area contributed by atoms with Crippen molar-refractivity contribution in [3.05, 3.63) is 57.6 Å². The van der Waals surface area contributed by atoms with E-state index in [1.165, 1.54) is 29.4 Å². The first-order valence-corrected chi connectivity index (χ1v) is 8.89. The van der Waals surface area contributed by atoms with Crippen LogP contribution in [-0.2, 0) is 22.2 Å². The van der Waals surface area contributed by atoms with Crippen molar-refractivity contribution in [2.45, 2.75) is 12.2 Å². The van der Waals surface area contributed by atoms with Crippen LogP contribution in [0.2, 0.25) is 0 Å². The van der Waals surface area contributed by atoms with Gasteiger partial charge in [-0.05, 0) is 41.8 Å². The van der Waals surface area contributed by atoms with Gasteiger partial charge < -0.3 is 11.1 Å². The van der Waals surface area contributed by atoms with Gasteiger partial charge in [0.2, 0.25) is 10.0 Å². The van der Waals surface area contributed by atoms with Gasteiger partial charge in [0.15, 0.2) is 0 Å². The maximum atomic E-state index is 11.1. The second-order valence-corrected chi connectivity index (χ2v) is 7.28. The summed E-state index contributed by atoms with van der Waals surface area (Å²) >= 11 is 0. The number of hydrogen-bond donors (Lipinski definition) is 3. The van der Waals surface area contributed by atoms with Crippen molar-refractivity contribution in [2.75, 3.05) is 22.3 Å². The first-order chi connectivity index (χ1) is 11.3. The van der Waals surface area contributed by atoms with Crippen LogP contribution in [0.3, 0.4) is 0 Å². The molecule has 24 heavy (non-hydrogen) atoms. The molecular formula is C15H18N4O4S. The number of nitrogens with one attached hydrogen (secondary N) is 2. The van der Waals surface area contributed by atoms with Gasteiger partial charge in [-0.25, -0.2) is 8.42 Å². The van der Waals surface area contributed by atoms with Gasteiger partial charge in [0, 0.05) is 31.5 Å². The molecular weight excluding hydrogens is 332 g/mol. The van der Waals surface area contributed by atoms with Crippen molar-refractivity contribution < 1.29 is 14.8 Å². The molecule has 8 nitrogen and oxygen atoms in total. The van der Waals surface area contributed by atoms with Crippen LogP contribution in [0.1, 0.15) is 12.6 Å². The summed E-state index contributed by atoms with van der Waals surface area (Å²) in [5.41, 5.74) is 9.83. The summed E-state index contributed by atoms with van der Waals surface area (Å²) in [6.45, 7) is 1.05. The molecule has 2 aliphatic rings. The summed E-state index contributed by atoms with van der Waals surface area (Å²) in [6, 6.07) is 9.95. The van der Waals surface area contributed by atoms with Gasteiger partial charge in [-0.3, -0.25) is 14.8 Å². The van der Waals surface area contributed by atoms with E-state index in [4.69, 9.17) is 5.73 Å². The molecule has 2 aromatic rings. The number of non-ortho nitro benzene ring substituents is 1. The maximum absolute atomic E-state index is 11.1. The minimum Gasteiger partial charge on any atom is -0.399 e. The highest BCUT2D eigenvalue weighted by molar-refractivity contribution is 7.92. The monoisotopic (exact) mass is 350 g/mol. The largest absolute Gasteiger partial charge is 0.399 e. The molecule has 0 unspecified atom stereocenters. The standard InChI is InChI=1S/C8H10N2.C7H6N2O4S.H2/c9-7-1-2-8-6(5-7)3-4-10-8;10-9(11)6-1-2-7-5(3-6)4-14(12,13)8-7;/h1-2,5,10H,3-4,9H2;1-3,8H,4H2;1H. The third-order valence-electron chi connectivity index (χ3n) is 3.75. The number of anilines is 3. The third kappa shape index (κ3) is 3.40. The summed E-state index contributed by atoms with van der Waals surface area (Å²) in [5.74, 6) is -0.190. The van der Waals surface area contributed by atoms with Gasteiger partial charge >= 0.3 is 0 Å². The van der Waals surface area contributed by atoms with Crippen LogP contribution in [0.25, 0.3) is 0 Å². The van der Waals surface area contributed by atoms with Gasteiger partial charge in [0.25, 0.3) is 5.69 Å². The quantitative estimate of drug-likeness (QED) is 0.411. The fraction of sp³-hybridized carbons (Fsp3) is 0.200. The summed E-state index contributed by atoms with van der Waals surface area (Å²) in [5, 5.41) is 13.7. The molecule has 0 atom stereocenters. The second kappa shape index (κ2) is 6.00. The SMILES string of the molecule is Nc1ccc2c(c1)CCN2.O=[N+]([O-])c1ccc2c(c1)CS(=O)(=O)N2.[HH]. The Morgan fingerprint density at radius 3 is 2.62 bits per heavy atom. The van der Waals surface area contributed by atoms with E-state index in [1.54, 1.807) is 0 Å². The van der Waals surface area contributed by atoms with Crippen molar-refractivity contribution >= 4 is 32.8 Å². The molecule has 0 saturated heterocycles. The molecule has 0 fully saturated rings. The number of nitrogens with two attached hydrogens (primary N) is 1. The minimum absolute atomic E-state index is 0. The molecule has 2 heterocycles. The van der Waals surface area contributed by atoms with Crippen molar-refractivity contribution in [3.8, 4) is 0 Å². The van der Waals surface area contributed by atoms with E-state index in [1.807, 2.05) is 18.2 Å². The van der Waals surface area contributed by atoms with E-state index >= 15 is 0 Å². The number of rotatable bonds is 1. The lowest BCUT2D eigenvalue weighted by Crippen LogP contribution is -2.05. The Balaban J connectivity index is 0.000000182. The van der Waals surface area contributed by atoms with E-state index in [-0.39, 0.29) is 12.9 Å². The van der Waals surface area contributed by atoms with Crippen LogP contribution >= 0.6 is 0 Å². The zero-order valence-corrected chi connectivity index (χ0v) is 13.5. The minimum atomic E-state index is -3.32. The van der Waals surface area contributed by atoms with Gasteiger partial charge in [-0.1, -0.05) is 0 Å². The van der Waals surface area contributed by atoms with Crippen LogP contribution in [0, 0.1) is 10.1 Å². The van der Waals surface area contributed by atoms with Crippen LogP contribution in [0.4, 0.5) is 22.7 Å². The first kappa shape index (κ1) is 16.1. The van der Waals surface area contributed by atoms with Crippen molar-refractivity contribution in [2.24, 2.45) is 0 Å². The topological polar surface area (TPSA) is 127 Å². The highest BCUT2D eigenvalue weighted by Gasteiger charge is 2.25. The van der Waals surface area contributed by atoms with E-state index in [9.17, 15) is 18.5 Å². The molecule has 0 spiro atoms. The Morgan fingerprint density at radius 2 is 1.88 bits per heavy atom. The zero-order valence-electron chi connectivity index (χ0n) is 12.7. The smallest absolute Gasteiger partial charge is 0.269 e. The van der Waals surface area contributed by atoms with E-state index in [0.29, 0.717) is 11.3 Å². The number of nitro groups is 1. The van der Waals surface area contributed by atoms with Crippen molar-refractivity contribution in [1.29, 1.82) is 0 Å². The van der Waals surface area contributed by atoms with E-state index in [0.717, 1.165) is 18.7 Å². The average Bonchev–Trinajstić information content (AvgIpc) is 3.08. The van der Waals surface area contributed by atoms with Crippen molar-refractivity contribution in [3.63, 3.8) is 0 Å². The fourth-order valence-electron chi connectivity index (χ4n) is 2.65. The number of hydrogen-bond acceptors (Lipinski definition) is 6. The highest BCUT2D eigenvalue weighted by Crippen LogP contribution is 2.30. The predicted molar refractivity (Wildman–Crippen MR) is 94.5 cm³/mol. The summed E-state index contributed by atoms with van der Waals surface area (Å²) in [6.07, 6.45) is 1.11. The molecule has 0 radical (unpaired) electrons. The molecule has 128 valence electrons. The third-order valence-corrected chi connectivity index (χ3v) is 4.97. The van der Waals surface area contributed by atoms with Crippen molar-refractivity contribution in [1.82, 2.24) is 0 Å². The Labute approximate surface area is 140 Å². The Bertz CT molecular complexity index is 918. The Kier molecular flexibility index (Phi) is 4.02. The average molecular weight is 350 g/mol. The van der Waals surface area contributed by atoms with Crippen LogP contribution in [0.15, 0.2) is 36.4 Å². The summed E-state index contributed by atoms with van der Waals surface area (Å²) < 4.78 is 24.5. The lowest BCUT2D eigenvalue weighted by atomic mass is 10.1. The number of benzene rings is 2. The van der Waals surface area contributed by atoms with Gasteiger partial charge in [0.05, 0.1) is 16.4 Å². The number of nitro benzene ring substituents is 1. The van der Waals surface area contributed by atoms with Gasteiger partial charge in [-0.2, -0.15) is 0 Å². The Hall–Kier alpha value is -2.81. The van der Waals surface area contributed by atoms with E-state index in [2.05, 4.69) is 10.0 Å². The molecule has 0 aliphatic carbocycles. The zero-order chi connectivity index (χ0) is 17.3. The predicted octanol–water partition coefficient (Wildman–Crippen LogP) is 2.33. The molecule has 4 N–H and O–H groups in total. The Morgan fingerprint density at radius 1 is 1.12 bits per heavy atom. The lowest BCUT2D eigenvalue weighted by Gasteiger charge is -1.98. The van der Waals surface area contributed by atoms with Crippen LogP contribution < -0.4 is 15.8 Å². The molecule has 0 amide bonds. The molecule has 0 bridgehead atoms. The molecule has 4 rings (SSSR count). The molecule has 0 aromatic heterocycles. The molecule has 0 saturated carbocycles. The first-order valence-electron chi connectivity index (χ1n) is 7.24. The van der Waals surface area contributed by atoms with Crippen LogP contribution in [0.5, 0.6) is 0 Å². The highest BCUT2D eigenvalue weighted by atomic mass is 32.2. The van der Waals surface area contributed by atoms with Crippen LogP contribution in [-0.4, -0.2) is 19.9 Å². The summed E-state index contributed by atoms with van der Waals surface area (Å²) in [4.78, 5) is 9.85. The summed E-state index contributed by atoms with van der Waals surface area (Å²) in [7, 11) is -3.32. The maximum Gasteiger partial charge on any atom is 0.269 e. The lowest BCUT2D eigenvalue weighted by molar-refractivity contribution is -0.384. The normalized spacial score (nSPS) is 16.0. The number of sulfonamides is 1. The number of nitrogen functional groups attached to an aromatic ring is 1. The number of fused-ring (bicyclic) bond motifs is 2. The fourth-order valence-corrected chi connectivity index (χ4v) is 3.90. The second-order valence-electron chi connectivity index (χ2n) is 5.55. The molecule has 2 aromatic carbocycles. The van der Waals surface area contributed by atoms with E-state index < -0.39 is 14.9 Å². The van der Waals surface area contributed by atoms with Gasteiger partial charge in [-0.15, -0.1) is 0 Å².